The lowest BCUT2D eigenvalue weighted by molar-refractivity contribution is -0.120. The van der Waals surface area contributed by atoms with Crippen molar-refractivity contribution in [2.45, 2.75) is 19.9 Å². The number of anilines is 1. The van der Waals surface area contributed by atoms with Gasteiger partial charge in [0.25, 0.3) is 0 Å². The molecule has 1 amide bonds. The summed E-state index contributed by atoms with van der Waals surface area (Å²) in [6.07, 6.45) is 0. The van der Waals surface area contributed by atoms with E-state index in [0.717, 1.165) is 31.7 Å². The molecule has 4 nitrogen and oxygen atoms in total. The third kappa shape index (κ3) is 3.75. The van der Waals surface area contributed by atoms with Crippen LogP contribution in [0.2, 0.25) is 0 Å². The fourth-order valence-electron chi connectivity index (χ4n) is 2.29. The number of aryl methyl sites for hydroxylation is 1. The second-order valence-corrected chi connectivity index (χ2v) is 4.97. The maximum atomic E-state index is 13.3. The van der Waals surface area contributed by atoms with Crippen LogP contribution in [0.4, 0.5) is 10.1 Å². The molecule has 1 aliphatic heterocycles. The quantitative estimate of drug-likeness (QED) is 0.867. The van der Waals surface area contributed by atoms with Crippen molar-refractivity contribution in [3.63, 3.8) is 0 Å². The number of halogens is 1. The number of nitrogens with one attached hydrogen (secondary N) is 2. The zero-order valence-electron chi connectivity index (χ0n) is 11.4. The Labute approximate surface area is 113 Å². The fraction of sp³-hybridized carbons (Fsp3) is 0.500. The summed E-state index contributed by atoms with van der Waals surface area (Å²) >= 11 is 0. The first-order valence-electron chi connectivity index (χ1n) is 6.59. The summed E-state index contributed by atoms with van der Waals surface area (Å²) in [5, 5.41) is 6.03. The summed E-state index contributed by atoms with van der Waals surface area (Å²) in [6, 6.07) is 4.35. The molecule has 0 radical (unpaired) electrons. The lowest BCUT2D eigenvalue weighted by Gasteiger charge is -2.31. The van der Waals surface area contributed by atoms with Crippen molar-refractivity contribution in [1.82, 2.24) is 10.2 Å². The monoisotopic (exact) mass is 265 g/mol. The van der Waals surface area contributed by atoms with E-state index in [0.29, 0.717) is 5.69 Å². The van der Waals surface area contributed by atoms with Gasteiger partial charge in [-0.1, -0.05) is 0 Å². The minimum atomic E-state index is -0.329. The minimum absolute atomic E-state index is 0.0908. The largest absolute Gasteiger partial charge is 0.325 e. The van der Waals surface area contributed by atoms with Gasteiger partial charge in [-0.2, -0.15) is 0 Å². The van der Waals surface area contributed by atoms with E-state index in [1.807, 2.05) is 6.92 Å². The number of benzene rings is 1. The van der Waals surface area contributed by atoms with Crippen molar-refractivity contribution in [3.05, 3.63) is 29.6 Å². The Morgan fingerprint density at radius 2 is 2.05 bits per heavy atom. The van der Waals surface area contributed by atoms with Crippen molar-refractivity contribution in [3.8, 4) is 0 Å². The van der Waals surface area contributed by atoms with Gasteiger partial charge in [-0.3, -0.25) is 9.69 Å². The fourth-order valence-corrected chi connectivity index (χ4v) is 2.29. The highest BCUT2D eigenvalue weighted by molar-refractivity contribution is 5.94. The van der Waals surface area contributed by atoms with E-state index in [-0.39, 0.29) is 17.8 Å². The number of piperazine rings is 1. The van der Waals surface area contributed by atoms with E-state index in [1.165, 1.54) is 12.1 Å². The highest BCUT2D eigenvalue weighted by Gasteiger charge is 2.22. The number of carbonyl (C=O) groups excluding carboxylic acids is 1. The molecule has 0 aromatic heterocycles. The van der Waals surface area contributed by atoms with Crippen LogP contribution in [0.1, 0.15) is 12.5 Å². The molecule has 19 heavy (non-hydrogen) atoms. The number of carbonyl (C=O) groups is 1. The molecule has 1 saturated heterocycles. The number of hydrogen-bond acceptors (Lipinski definition) is 3. The molecule has 5 heteroatoms. The highest BCUT2D eigenvalue weighted by Crippen LogP contribution is 2.14. The summed E-state index contributed by atoms with van der Waals surface area (Å²) in [4.78, 5) is 14.3. The van der Waals surface area contributed by atoms with Gasteiger partial charge in [0.05, 0.1) is 6.04 Å². The van der Waals surface area contributed by atoms with Gasteiger partial charge in [-0.25, -0.2) is 4.39 Å². The Balaban J connectivity index is 1.99. The SMILES string of the molecule is Cc1cc(F)cc(NC(=O)C(C)N2CCNCC2)c1. The van der Waals surface area contributed by atoms with E-state index in [2.05, 4.69) is 15.5 Å². The van der Waals surface area contributed by atoms with Crippen LogP contribution < -0.4 is 10.6 Å². The molecule has 1 aromatic carbocycles. The number of amides is 1. The summed E-state index contributed by atoms with van der Waals surface area (Å²) in [5.74, 6) is -0.419. The van der Waals surface area contributed by atoms with Crippen molar-refractivity contribution in [2.75, 3.05) is 31.5 Å². The topological polar surface area (TPSA) is 44.4 Å². The van der Waals surface area contributed by atoms with Crippen LogP contribution in [0.25, 0.3) is 0 Å². The molecule has 1 atom stereocenters. The van der Waals surface area contributed by atoms with E-state index in [9.17, 15) is 9.18 Å². The molecule has 1 aromatic rings. The molecule has 1 fully saturated rings. The first kappa shape index (κ1) is 14.0. The first-order chi connectivity index (χ1) is 9.06. The van der Waals surface area contributed by atoms with Crippen molar-refractivity contribution >= 4 is 11.6 Å². The second kappa shape index (κ2) is 6.12. The number of hydrogen-bond donors (Lipinski definition) is 2. The molecule has 1 aliphatic rings. The average molecular weight is 265 g/mol. The zero-order valence-corrected chi connectivity index (χ0v) is 11.4. The molecular formula is C14H20FN3O. The van der Waals surface area contributed by atoms with Crippen molar-refractivity contribution < 1.29 is 9.18 Å². The van der Waals surface area contributed by atoms with Crippen molar-refractivity contribution in [1.29, 1.82) is 0 Å². The Morgan fingerprint density at radius 3 is 2.68 bits per heavy atom. The van der Waals surface area contributed by atoms with E-state index < -0.39 is 0 Å². The van der Waals surface area contributed by atoms with Gasteiger partial charge in [0.1, 0.15) is 5.82 Å². The standard InChI is InChI=1S/C14H20FN3O/c1-10-7-12(15)9-13(8-10)17-14(19)11(2)18-5-3-16-4-6-18/h7-9,11,16H,3-6H2,1-2H3,(H,17,19). The Kier molecular flexibility index (Phi) is 4.50. The molecule has 0 aliphatic carbocycles. The summed E-state index contributed by atoms with van der Waals surface area (Å²) in [5.41, 5.74) is 1.31. The molecule has 0 bridgehead atoms. The van der Waals surface area contributed by atoms with Gasteiger partial charge in [0.2, 0.25) is 5.91 Å². The molecule has 0 saturated carbocycles. The van der Waals surface area contributed by atoms with Crippen LogP contribution in [0.3, 0.4) is 0 Å². The predicted octanol–water partition coefficient (Wildman–Crippen LogP) is 1.37. The highest BCUT2D eigenvalue weighted by atomic mass is 19.1. The first-order valence-corrected chi connectivity index (χ1v) is 6.59. The average Bonchev–Trinajstić information content (AvgIpc) is 2.37. The van der Waals surface area contributed by atoms with Gasteiger partial charge >= 0.3 is 0 Å². The van der Waals surface area contributed by atoms with E-state index in [1.54, 1.807) is 13.0 Å². The number of rotatable bonds is 3. The summed E-state index contributed by atoms with van der Waals surface area (Å²) in [7, 11) is 0. The molecular weight excluding hydrogens is 245 g/mol. The predicted molar refractivity (Wildman–Crippen MR) is 73.7 cm³/mol. The van der Waals surface area contributed by atoms with E-state index in [4.69, 9.17) is 0 Å². The smallest absolute Gasteiger partial charge is 0.241 e. The van der Waals surface area contributed by atoms with Crippen LogP contribution in [0, 0.1) is 12.7 Å². The van der Waals surface area contributed by atoms with Gasteiger partial charge in [-0.05, 0) is 37.6 Å². The van der Waals surface area contributed by atoms with Crippen molar-refractivity contribution in [2.24, 2.45) is 0 Å². The third-order valence-electron chi connectivity index (χ3n) is 3.39. The van der Waals surface area contributed by atoms with Crippen LogP contribution in [0.5, 0.6) is 0 Å². The maximum absolute atomic E-state index is 13.3. The lowest BCUT2D eigenvalue weighted by Crippen LogP contribution is -2.51. The van der Waals surface area contributed by atoms with Gasteiger partial charge < -0.3 is 10.6 Å². The van der Waals surface area contributed by atoms with Crippen LogP contribution in [-0.2, 0) is 4.79 Å². The summed E-state index contributed by atoms with van der Waals surface area (Å²) < 4.78 is 13.3. The molecule has 2 rings (SSSR count). The Morgan fingerprint density at radius 1 is 1.37 bits per heavy atom. The van der Waals surface area contributed by atoms with Gasteiger partial charge in [-0.15, -0.1) is 0 Å². The normalized spacial score (nSPS) is 18.1. The van der Waals surface area contributed by atoms with Gasteiger partial charge in [0, 0.05) is 31.9 Å². The zero-order chi connectivity index (χ0) is 13.8. The third-order valence-corrected chi connectivity index (χ3v) is 3.39. The van der Waals surface area contributed by atoms with E-state index >= 15 is 0 Å². The van der Waals surface area contributed by atoms with Gasteiger partial charge in [0.15, 0.2) is 0 Å². The molecule has 1 heterocycles. The molecule has 2 N–H and O–H groups in total. The summed E-state index contributed by atoms with van der Waals surface area (Å²) in [6.45, 7) is 7.20. The lowest BCUT2D eigenvalue weighted by atomic mass is 10.2. The molecule has 1 unspecified atom stereocenters. The maximum Gasteiger partial charge on any atom is 0.241 e. The van der Waals surface area contributed by atoms with Crippen LogP contribution >= 0.6 is 0 Å². The molecule has 104 valence electrons. The minimum Gasteiger partial charge on any atom is -0.325 e. The Hall–Kier alpha value is -1.46. The Bertz CT molecular complexity index is 438. The van der Waals surface area contributed by atoms with Crippen LogP contribution in [0.15, 0.2) is 18.2 Å². The molecule has 0 spiro atoms. The number of nitrogens with zero attached hydrogens (tertiary/aromatic N) is 1. The second-order valence-electron chi connectivity index (χ2n) is 4.97. The van der Waals surface area contributed by atoms with Crippen LogP contribution in [-0.4, -0.2) is 43.0 Å².